The second-order valence-corrected chi connectivity index (χ2v) is 10.1. The number of hydrogen-bond acceptors (Lipinski definition) is 4. The number of aromatic nitrogens is 4. The number of ether oxygens (including phenoxy) is 1. The van der Waals surface area contributed by atoms with Crippen LogP contribution < -0.4 is 4.74 Å². The van der Waals surface area contributed by atoms with E-state index >= 15 is 0 Å². The van der Waals surface area contributed by atoms with Crippen LogP contribution in [0.25, 0.3) is 39.1 Å². The van der Waals surface area contributed by atoms with Crippen LogP contribution in [-0.2, 0) is 13.0 Å². The van der Waals surface area contributed by atoms with Gasteiger partial charge < -0.3 is 18.8 Å². The lowest BCUT2D eigenvalue weighted by atomic mass is 10.0. The number of nitrogens with zero attached hydrogens (tertiary/aromatic N) is 4. The third-order valence-corrected chi connectivity index (χ3v) is 7.28. The van der Waals surface area contributed by atoms with Crippen LogP contribution in [0.1, 0.15) is 36.0 Å². The summed E-state index contributed by atoms with van der Waals surface area (Å²) in [5.41, 5.74) is 10.1. The first-order valence-electron chi connectivity index (χ1n) is 13.4. The van der Waals surface area contributed by atoms with Gasteiger partial charge in [0, 0.05) is 36.0 Å². The summed E-state index contributed by atoms with van der Waals surface area (Å²) in [5, 5.41) is 9.11. The molecular formula is C33H30N4O3. The number of aryl methyl sites for hydroxylation is 3. The minimum Gasteiger partial charge on any atom is -0.449 e. The highest BCUT2D eigenvalue weighted by Crippen LogP contribution is 2.32. The summed E-state index contributed by atoms with van der Waals surface area (Å²) in [4.78, 5) is 21.1. The van der Waals surface area contributed by atoms with E-state index in [2.05, 4.69) is 66.3 Å². The molecule has 0 amide bonds. The van der Waals surface area contributed by atoms with Crippen molar-refractivity contribution in [1.82, 2.24) is 18.9 Å². The summed E-state index contributed by atoms with van der Waals surface area (Å²) < 4.78 is 9.42. The SMILES string of the molecule is CCCc1nc2c(C)cc(-c3cn4c(C)cccc4n3)cc2n1Cc1ccc(-c2ccccc2OC(=O)O)cc1. The van der Waals surface area contributed by atoms with Crippen molar-refractivity contribution >= 4 is 22.8 Å². The zero-order valence-corrected chi connectivity index (χ0v) is 22.8. The van der Waals surface area contributed by atoms with E-state index in [1.807, 2.05) is 36.4 Å². The highest BCUT2D eigenvalue weighted by molar-refractivity contribution is 5.85. The molecule has 0 aliphatic carbocycles. The summed E-state index contributed by atoms with van der Waals surface area (Å²) in [6.07, 6.45) is 2.66. The monoisotopic (exact) mass is 530 g/mol. The standard InChI is InChI=1S/C33H30N4O3/c1-4-8-30-35-32-21(2)17-25(27-20-36-22(3)9-7-12-31(36)34-27)18-28(32)37(30)19-23-13-15-24(16-14-23)26-10-5-6-11-29(26)40-33(38)39/h5-7,9-18,20H,4,8,19H2,1-3H3,(H,38,39). The molecule has 40 heavy (non-hydrogen) atoms. The molecule has 3 heterocycles. The van der Waals surface area contributed by atoms with Crippen molar-refractivity contribution in [3.63, 3.8) is 0 Å². The second kappa shape index (κ2) is 10.3. The van der Waals surface area contributed by atoms with Crippen LogP contribution in [0.3, 0.4) is 0 Å². The van der Waals surface area contributed by atoms with Crippen LogP contribution >= 0.6 is 0 Å². The number of para-hydroxylation sites is 1. The summed E-state index contributed by atoms with van der Waals surface area (Å²) in [6.45, 7) is 7.05. The molecule has 6 aromatic rings. The van der Waals surface area contributed by atoms with Gasteiger partial charge in [-0.25, -0.2) is 14.8 Å². The maximum atomic E-state index is 11.1. The van der Waals surface area contributed by atoms with Gasteiger partial charge in [-0.1, -0.05) is 55.5 Å². The topological polar surface area (TPSA) is 81.7 Å². The Hall–Kier alpha value is -4.91. The van der Waals surface area contributed by atoms with E-state index < -0.39 is 6.16 Å². The lowest BCUT2D eigenvalue weighted by Gasteiger charge is -2.12. The Bertz CT molecular complexity index is 1870. The predicted molar refractivity (Wildman–Crippen MR) is 157 cm³/mol. The Labute approximate surface area is 232 Å². The molecule has 7 heteroatoms. The molecule has 0 spiro atoms. The number of pyridine rings is 1. The van der Waals surface area contributed by atoms with Gasteiger partial charge >= 0.3 is 6.16 Å². The van der Waals surface area contributed by atoms with Crippen molar-refractivity contribution in [2.24, 2.45) is 0 Å². The van der Waals surface area contributed by atoms with Gasteiger partial charge in [-0.15, -0.1) is 0 Å². The van der Waals surface area contributed by atoms with Gasteiger partial charge in [-0.3, -0.25) is 0 Å². The number of hydrogen-bond donors (Lipinski definition) is 1. The largest absolute Gasteiger partial charge is 0.511 e. The average molecular weight is 531 g/mol. The molecule has 0 aliphatic heterocycles. The van der Waals surface area contributed by atoms with Crippen LogP contribution in [0.4, 0.5) is 4.79 Å². The molecule has 0 aliphatic rings. The number of carboxylic acid groups (broad SMARTS) is 1. The molecule has 0 radical (unpaired) electrons. The predicted octanol–water partition coefficient (Wildman–Crippen LogP) is 7.69. The van der Waals surface area contributed by atoms with E-state index in [0.29, 0.717) is 12.3 Å². The second-order valence-electron chi connectivity index (χ2n) is 10.1. The van der Waals surface area contributed by atoms with E-state index in [9.17, 15) is 4.79 Å². The third kappa shape index (κ3) is 4.71. The molecule has 7 nitrogen and oxygen atoms in total. The van der Waals surface area contributed by atoms with Crippen LogP contribution in [0.15, 0.2) is 85.1 Å². The zero-order chi connectivity index (χ0) is 27.8. The summed E-state index contributed by atoms with van der Waals surface area (Å²) in [5.74, 6) is 1.38. The molecule has 3 aromatic carbocycles. The first-order chi connectivity index (χ1) is 19.4. The molecule has 6 rings (SSSR count). The average Bonchev–Trinajstić information content (AvgIpc) is 3.53. The molecule has 0 unspecified atom stereocenters. The molecule has 1 N–H and O–H groups in total. The Kier molecular flexibility index (Phi) is 6.56. The van der Waals surface area contributed by atoms with Crippen LogP contribution in [-0.4, -0.2) is 30.2 Å². The van der Waals surface area contributed by atoms with Crippen LogP contribution in [0.2, 0.25) is 0 Å². The van der Waals surface area contributed by atoms with Gasteiger partial charge in [-0.2, -0.15) is 0 Å². The molecule has 0 saturated carbocycles. The molecule has 200 valence electrons. The fourth-order valence-electron chi connectivity index (χ4n) is 5.33. The highest BCUT2D eigenvalue weighted by Gasteiger charge is 2.16. The number of fused-ring (bicyclic) bond motifs is 2. The van der Waals surface area contributed by atoms with Gasteiger partial charge in [0.05, 0.1) is 16.7 Å². The highest BCUT2D eigenvalue weighted by atomic mass is 16.7. The number of rotatable bonds is 7. The molecule has 0 bridgehead atoms. The lowest BCUT2D eigenvalue weighted by molar-refractivity contribution is 0.144. The minimum atomic E-state index is -1.33. The molecule has 3 aromatic heterocycles. The lowest BCUT2D eigenvalue weighted by Crippen LogP contribution is -2.05. The Balaban J connectivity index is 1.39. The third-order valence-electron chi connectivity index (χ3n) is 7.28. The van der Waals surface area contributed by atoms with E-state index in [-0.39, 0.29) is 0 Å². The van der Waals surface area contributed by atoms with E-state index in [1.54, 1.807) is 12.1 Å². The quantitative estimate of drug-likeness (QED) is 0.169. The first kappa shape index (κ1) is 25.4. The molecule has 0 fully saturated rings. The summed E-state index contributed by atoms with van der Waals surface area (Å²) in [7, 11) is 0. The van der Waals surface area contributed by atoms with Crippen molar-refractivity contribution < 1.29 is 14.6 Å². The minimum absolute atomic E-state index is 0.318. The van der Waals surface area contributed by atoms with Gasteiger partial charge in [-0.05, 0) is 67.3 Å². The van der Waals surface area contributed by atoms with Crippen molar-refractivity contribution in [3.8, 4) is 28.1 Å². The molecular weight excluding hydrogens is 500 g/mol. The van der Waals surface area contributed by atoms with E-state index in [4.69, 9.17) is 19.8 Å². The Morgan fingerprint density at radius 3 is 2.48 bits per heavy atom. The van der Waals surface area contributed by atoms with Gasteiger partial charge in [0.25, 0.3) is 0 Å². The van der Waals surface area contributed by atoms with Crippen molar-refractivity contribution in [2.75, 3.05) is 0 Å². The fraction of sp³-hybridized carbons (Fsp3) is 0.182. The van der Waals surface area contributed by atoms with Crippen molar-refractivity contribution in [3.05, 3.63) is 108 Å². The fourth-order valence-corrected chi connectivity index (χ4v) is 5.33. The maximum Gasteiger partial charge on any atom is 0.511 e. The number of imidazole rings is 2. The zero-order valence-electron chi connectivity index (χ0n) is 22.8. The Morgan fingerprint density at radius 2 is 1.73 bits per heavy atom. The maximum absolute atomic E-state index is 11.1. The Morgan fingerprint density at radius 1 is 0.925 bits per heavy atom. The summed E-state index contributed by atoms with van der Waals surface area (Å²) >= 11 is 0. The first-order valence-corrected chi connectivity index (χ1v) is 13.4. The van der Waals surface area contributed by atoms with Crippen molar-refractivity contribution in [1.29, 1.82) is 0 Å². The van der Waals surface area contributed by atoms with Crippen LogP contribution in [0, 0.1) is 13.8 Å². The molecule has 0 saturated heterocycles. The van der Waals surface area contributed by atoms with Gasteiger partial charge in [0.2, 0.25) is 0 Å². The van der Waals surface area contributed by atoms with Gasteiger partial charge in [0.1, 0.15) is 17.2 Å². The summed E-state index contributed by atoms with van der Waals surface area (Å²) in [6, 6.07) is 25.9. The van der Waals surface area contributed by atoms with E-state index in [0.717, 1.165) is 74.6 Å². The van der Waals surface area contributed by atoms with Crippen molar-refractivity contribution in [2.45, 2.75) is 40.2 Å². The molecule has 0 atom stereocenters. The van der Waals surface area contributed by atoms with Gasteiger partial charge in [0.15, 0.2) is 0 Å². The number of carbonyl (C=O) groups is 1. The number of benzene rings is 3. The smallest absolute Gasteiger partial charge is 0.449 e. The van der Waals surface area contributed by atoms with E-state index in [1.165, 1.54) is 0 Å². The van der Waals surface area contributed by atoms with Crippen LogP contribution in [0.5, 0.6) is 5.75 Å². The normalized spacial score (nSPS) is 11.4.